The first-order valence-corrected chi connectivity index (χ1v) is 13.1. The van der Waals surface area contributed by atoms with E-state index in [-0.39, 0.29) is 10.8 Å². The van der Waals surface area contributed by atoms with Gasteiger partial charge in [0.15, 0.2) is 0 Å². The lowest BCUT2D eigenvalue weighted by atomic mass is 9.65. The Bertz CT molecular complexity index is 1290. The molecule has 0 heteroatoms. The first-order valence-electron chi connectivity index (χ1n) is 13.1. The normalized spacial score (nSPS) is 20.5. The Hall–Kier alpha value is -3.38. The van der Waals surface area contributed by atoms with E-state index in [1.165, 1.54) is 49.8 Å². The van der Waals surface area contributed by atoms with Crippen LogP contribution in [0.1, 0.15) is 66.5 Å². The standard InChI is InChI=1S/C25H20.C4H8.C3H6.C2H6.C2H4/c1-24(2)22-11-16-7-5-4-6-15(16)10-20(22)21-13-19-12-17-8-9-18(14-23(21)24)25(17,19)3;1-3-4-2;1-3-2;2*1-2/h4-14H,1-3H3;3-4H,1-2H3;3H,1H2,2H3;1-2H3;1-2H2/b;4-3-;;;. The van der Waals surface area contributed by atoms with Crippen molar-refractivity contribution in [1.29, 1.82) is 0 Å². The van der Waals surface area contributed by atoms with Crippen LogP contribution in [-0.2, 0) is 5.41 Å². The van der Waals surface area contributed by atoms with Crippen LogP contribution < -0.4 is 0 Å². The zero-order chi connectivity index (χ0) is 27.1. The lowest BCUT2D eigenvalue weighted by Gasteiger charge is -2.38. The molecule has 2 aromatic carbocycles. The van der Waals surface area contributed by atoms with Crippen molar-refractivity contribution in [2.24, 2.45) is 5.41 Å². The van der Waals surface area contributed by atoms with Gasteiger partial charge in [-0.1, -0.05) is 94.5 Å². The van der Waals surface area contributed by atoms with E-state index in [4.69, 9.17) is 0 Å². The van der Waals surface area contributed by atoms with E-state index in [2.05, 4.69) is 107 Å². The van der Waals surface area contributed by atoms with E-state index in [9.17, 15) is 0 Å². The summed E-state index contributed by atoms with van der Waals surface area (Å²) in [4.78, 5) is 0. The first kappa shape index (κ1) is 28.9. The lowest BCUT2D eigenvalue weighted by molar-refractivity contribution is 0.588. The molecule has 0 saturated heterocycles. The molecule has 0 aromatic heterocycles. The molecule has 0 radical (unpaired) electrons. The Balaban J connectivity index is 0.000000363. The zero-order valence-corrected chi connectivity index (χ0v) is 23.7. The van der Waals surface area contributed by atoms with Gasteiger partial charge in [0.25, 0.3) is 0 Å². The van der Waals surface area contributed by atoms with Crippen molar-refractivity contribution in [2.75, 3.05) is 0 Å². The highest BCUT2D eigenvalue weighted by Gasteiger charge is 2.47. The molecule has 6 rings (SSSR count). The monoisotopic (exact) mass is 476 g/mol. The molecule has 0 aliphatic heterocycles. The van der Waals surface area contributed by atoms with Gasteiger partial charge in [0.2, 0.25) is 0 Å². The largest absolute Gasteiger partial charge is 0.106 e. The summed E-state index contributed by atoms with van der Waals surface area (Å²) in [5.41, 5.74) is 10.3. The molecule has 36 heavy (non-hydrogen) atoms. The van der Waals surface area contributed by atoms with Gasteiger partial charge < -0.3 is 0 Å². The summed E-state index contributed by atoms with van der Waals surface area (Å²) >= 11 is 0. The third-order valence-electron chi connectivity index (χ3n) is 7.23. The predicted molar refractivity (Wildman–Crippen MR) is 164 cm³/mol. The maximum Gasteiger partial charge on any atom is 0.0423 e. The van der Waals surface area contributed by atoms with Crippen molar-refractivity contribution < 1.29 is 0 Å². The molecule has 0 bridgehead atoms. The number of rotatable bonds is 0. The van der Waals surface area contributed by atoms with Crippen molar-refractivity contribution in [3.63, 3.8) is 0 Å². The Morgan fingerprint density at radius 2 is 1.22 bits per heavy atom. The molecule has 2 aromatic rings. The molecule has 0 heterocycles. The second-order valence-electron chi connectivity index (χ2n) is 9.53. The second-order valence-corrected chi connectivity index (χ2v) is 9.53. The molecule has 0 N–H and O–H groups in total. The van der Waals surface area contributed by atoms with E-state index >= 15 is 0 Å². The van der Waals surface area contributed by atoms with Gasteiger partial charge in [0.05, 0.1) is 0 Å². The van der Waals surface area contributed by atoms with Crippen LogP contribution >= 0.6 is 0 Å². The van der Waals surface area contributed by atoms with Gasteiger partial charge in [-0.3, -0.25) is 0 Å². The summed E-state index contributed by atoms with van der Waals surface area (Å²) in [5, 5.41) is 2.67. The summed E-state index contributed by atoms with van der Waals surface area (Å²) in [5.74, 6) is 0. The van der Waals surface area contributed by atoms with E-state index in [1.807, 2.05) is 46.8 Å². The smallest absolute Gasteiger partial charge is 0.0423 e. The number of fused-ring (bicyclic) bond motifs is 3. The Morgan fingerprint density at radius 3 is 1.75 bits per heavy atom. The minimum absolute atomic E-state index is 0.0372. The lowest BCUT2D eigenvalue weighted by Crippen LogP contribution is -2.27. The van der Waals surface area contributed by atoms with Gasteiger partial charge in [-0.2, -0.15) is 0 Å². The second kappa shape index (κ2) is 12.0. The fourth-order valence-electron chi connectivity index (χ4n) is 5.15. The Kier molecular flexibility index (Phi) is 9.65. The van der Waals surface area contributed by atoms with Gasteiger partial charge in [-0.25, -0.2) is 0 Å². The van der Waals surface area contributed by atoms with Crippen molar-refractivity contribution in [1.82, 2.24) is 0 Å². The highest BCUT2D eigenvalue weighted by atomic mass is 14.5. The van der Waals surface area contributed by atoms with Crippen LogP contribution in [0.4, 0.5) is 0 Å². The van der Waals surface area contributed by atoms with Crippen molar-refractivity contribution in [3.05, 3.63) is 138 Å². The van der Waals surface area contributed by atoms with Gasteiger partial charge in [0, 0.05) is 10.8 Å². The fourth-order valence-corrected chi connectivity index (χ4v) is 5.15. The highest BCUT2D eigenvalue weighted by molar-refractivity contribution is 5.97. The Labute approximate surface area is 220 Å². The maximum atomic E-state index is 3.36. The van der Waals surface area contributed by atoms with Gasteiger partial charge in [-0.15, -0.1) is 19.7 Å². The number of benzene rings is 2. The SMILES string of the molecule is C/C=C\C.C=C.C=CC.CC.CC12C3=CC1=CC1=C(C=C2C=C3)C(C)(C)c2cc3ccccc3cc21. The molecule has 1 atom stereocenters. The summed E-state index contributed by atoms with van der Waals surface area (Å²) < 4.78 is 0. The minimum Gasteiger partial charge on any atom is -0.106 e. The third-order valence-corrected chi connectivity index (χ3v) is 7.23. The summed E-state index contributed by atoms with van der Waals surface area (Å²) in [7, 11) is 0. The average Bonchev–Trinajstić information content (AvgIpc) is 3.23. The first-order chi connectivity index (χ1) is 17.3. The molecule has 0 spiro atoms. The summed E-state index contributed by atoms with van der Waals surface area (Å²) in [6, 6.07) is 13.5. The van der Waals surface area contributed by atoms with Crippen LogP contribution in [0.5, 0.6) is 0 Å². The molecule has 0 amide bonds. The zero-order valence-electron chi connectivity index (χ0n) is 23.7. The Morgan fingerprint density at radius 1 is 0.722 bits per heavy atom. The minimum atomic E-state index is 0.0372. The molecule has 188 valence electrons. The predicted octanol–water partition coefficient (Wildman–Crippen LogP) is 10.9. The van der Waals surface area contributed by atoms with Crippen molar-refractivity contribution in [2.45, 2.75) is 60.8 Å². The highest BCUT2D eigenvalue weighted by Crippen LogP contribution is 2.60. The molecule has 0 nitrogen and oxygen atoms in total. The molecule has 4 aliphatic carbocycles. The van der Waals surface area contributed by atoms with Crippen LogP contribution in [0.25, 0.3) is 16.3 Å². The summed E-state index contributed by atoms with van der Waals surface area (Å²) in [6.45, 7) is 26.4. The van der Waals surface area contributed by atoms with Crippen LogP contribution in [-0.4, -0.2) is 0 Å². The molecule has 1 unspecified atom stereocenters. The van der Waals surface area contributed by atoms with Crippen LogP contribution in [0.15, 0.2) is 127 Å². The van der Waals surface area contributed by atoms with Crippen molar-refractivity contribution in [3.8, 4) is 0 Å². The molecule has 4 aliphatic rings. The maximum absolute atomic E-state index is 3.36. The number of hydrogen-bond acceptors (Lipinski definition) is 0. The van der Waals surface area contributed by atoms with E-state index < -0.39 is 0 Å². The van der Waals surface area contributed by atoms with Gasteiger partial charge in [0.1, 0.15) is 0 Å². The quantitative estimate of drug-likeness (QED) is 0.332. The third kappa shape index (κ3) is 4.70. The number of hydrogen-bond donors (Lipinski definition) is 0. The van der Waals surface area contributed by atoms with Gasteiger partial charge >= 0.3 is 0 Å². The molecular weight excluding hydrogens is 432 g/mol. The topological polar surface area (TPSA) is 0 Å². The van der Waals surface area contributed by atoms with Gasteiger partial charge in [-0.05, 0) is 95.7 Å². The number of allylic oxidation sites excluding steroid dienone is 13. The van der Waals surface area contributed by atoms with E-state index in [1.54, 1.807) is 6.08 Å². The van der Waals surface area contributed by atoms with Crippen LogP contribution in [0, 0.1) is 5.41 Å². The molecular formula is C36H44. The fraction of sp³-hybridized carbons (Fsp3) is 0.278. The average molecular weight is 477 g/mol. The summed E-state index contributed by atoms with van der Waals surface area (Å²) in [6.07, 6.45) is 17.6. The van der Waals surface area contributed by atoms with E-state index in [0.29, 0.717) is 0 Å². The van der Waals surface area contributed by atoms with Crippen LogP contribution in [0.2, 0.25) is 0 Å². The molecule has 0 saturated carbocycles. The molecule has 0 fully saturated rings. The van der Waals surface area contributed by atoms with Crippen molar-refractivity contribution >= 4 is 16.3 Å². The van der Waals surface area contributed by atoms with Crippen LogP contribution in [0.3, 0.4) is 0 Å². The van der Waals surface area contributed by atoms with E-state index in [0.717, 1.165) is 0 Å².